The Morgan fingerprint density at radius 1 is 1.33 bits per heavy atom. The van der Waals surface area contributed by atoms with Crippen LogP contribution in [0, 0.1) is 0 Å². The molecule has 1 aromatic heterocycles. The first-order valence-electron chi connectivity index (χ1n) is 8.25. The fourth-order valence-corrected chi connectivity index (χ4v) is 4.89. The monoisotopic (exact) mass is 343 g/mol. The second-order valence-electron chi connectivity index (χ2n) is 6.35. The molecule has 6 heteroatoms. The predicted molar refractivity (Wildman–Crippen MR) is 97.1 cm³/mol. The molecule has 0 atom stereocenters. The molecule has 24 heavy (non-hydrogen) atoms. The first-order chi connectivity index (χ1) is 11.7. The van der Waals surface area contributed by atoms with Gasteiger partial charge in [0.25, 0.3) is 5.91 Å². The molecule has 1 amide bonds. The second kappa shape index (κ2) is 6.02. The minimum Gasteiger partial charge on any atom is -0.497 e. The largest absolute Gasteiger partial charge is 0.497 e. The van der Waals surface area contributed by atoms with Crippen LogP contribution < -0.4 is 20.7 Å². The molecule has 3 aliphatic rings. The number of piperidine rings is 1. The smallest absolute Gasteiger partial charge is 0.254 e. The number of thiophene rings is 1. The van der Waals surface area contributed by atoms with E-state index < -0.39 is 0 Å². The van der Waals surface area contributed by atoms with Gasteiger partial charge in [0, 0.05) is 25.2 Å². The third-order valence-corrected chi connectivity index (χ3v) is 6.08. The van der Waals surface area contributed by atoms with Crippen molar-refractivity contribution in [1.82, 2.24) is 5.32 Å². The molecule has 0 saturated carbocycles. The van der Waals surface area contributed by atoms with Gasteiger partial charge in [-0.15, -0.1) is 11.3 Å². The van der Waals surface area contributed by atoms with Crippen LogP contribution in [0.5, 0.6) is 5.75 Å². The summed E-state index contributed by atoms with van der Waals surface area (Å²) in [6.45, 7) is 2.66. The molecule has 3 aliphatic heterocycles. The quantitative estimate of drug-likeness (QED) is 0.896. The van der Waals surface area contributed by atoms with E-state index in [9.17, 15) is 4.79 Å². The molecule has 1 aromatic carbocycles. The number of ether oxygens (including phenoxy) is 1. The Hall–Kier alpha value is -2.21. The van der Waals surface area contributed by atoms with Crippen molar-refractivity contribution in [3.63, 3.8) is 0 Å². The molecule has 3 N–H and O–H groups in total. The van der Waals surface area contributed by atoms with Crippen molar-refractivity contribution in [2.75, 3.05) is 30.8 Å². The van der Waals surface area contributed by atoms with Crippen molar-refractivity contribution in [1.29, 1.82) is 0 Å². The predicted octanol–water partition coefficient (Wildman–Crippen LogP) is 2.97. The van der Waals surface area contributed by atoms with Gasteiger partial charge in [-0.3, -0.25) is 4.79 Å². The number of nitrogens with two attached hydrogens (primary N) is 1. The Morgan fingerprint density at radius 2 is 2.04 bits per heavy atom. The SMILES string of the molecule is COc1ccc(CNC(=O)c2c(N)sc3c2C2CCN3CC2)cc1. The maximum Gasteiger partial charge on any atom is 0.254 e. The number of amides is 1. The number of carbonyl (C=O) groups excluding carboxylic acids is 1. The molecular weight excluding hydrogens is 322 g/mol. The van der Waals surface area contributed by atoms with Crippen molar-refractivity contribution in [2.45, 2.75) is 25.3 Å². The number of hydrogen-bond acceptors (Lipinski definition) is 5. The van der Waals surface area contributed by atoms with Gasteiger partial charge in [-0.2, -0.15) is 0 Å². The van der Waals surface area contributed by atoms with Gasteiger partial charge < -0.3 is 20.7 Å². The standard InChI is InChI=1S/C18H21N3O2S/c1-23-13-4-2-11(3-5-13)10-20-17(22)15-14-12-6-8-21(9-7-12)18(14)24-16(15)19/h2-5,12H,6-10,19H2,1H3,(H,20,22). The van der Waals surface area contributed by atoms with Crippen LogP contribution >= 0.6 is 11.3 Å². The van der Waals surface area contributed by atoms with Gasteiger partial charge in [0.15, 0.2) is 0 Å². The zero-order chi connectivity index (χ0) is 16.7. The van der Waals surface area contributed by atoms with Crippen LogP contribution in [0.15, 0.2) is 24.3 Å². The first-order valence-corrected chi connectivity index (χ1v) is 9.07. The van der Waals surface area contributed by atoms with E-state index in [2.05, 4.69) is 10.2 Å². The van der Waals surface area contributed by atoms with E-state index in [1.165, 1.54) is 10.6 Å². The van der Waals surface area contributed by atoms with Crippen molar-refractivity contribution in [3.8, 4) is 5.75 Å². The summed E-state index contributed by atoms with van der Waals surface area (Å²) in [5.41, 5.74) is 9.12. The maximum atomic E-state index is 12.7. The van der Waals surface area contributed by atoms with Gasteiger partial charge in [0.05, 0.1) is 17.7 Å². The zero-order valence-corrected chi connectivity index (χ0v) is 14.5. The highest BCUT2D eigenvalue weighted by Crippen LogP contribution is 2.50. The second-order valence-corrected chi connectivity index (χ2v) is 7.38. The fourth-order valence-electron chi connectivity index (χ4n) is 3.68. The normalized spacial score (nSPS) is 16.1. The molecule has 2 bridgehead atoms. The Kier molecular flexibility index (Phi) is 3.84. The molecule has 0 aliphatic carbocycles. The van der Waals surface area contributed by atoms with Crippen LogP contribution in [-0.2, 0) is 6.54 Å². The Bertz CT molecular complexity index is 761. The van der Waals surface area contributed by atoms with E-state index in [0.717, 1.165) is 37.2 Å². The number of hydrogen-bond donors (Lipinski definition) is 2. The summed E-state index contributed by atoms with van der Waals surface area (Å²) in [6.07, 6.45) is 2.25. The lowest BCUT2D eigenvalue weighted by atomic mass is 9.84. The summed E-state index contributed by atoms with van der Waals surface area (Å²) in [7, 11) is 1.64. The lowest BCUT2D eigenvalue weighted by Gasteiger charge is -2.40. The van der Waals surface area contributed by atoms with Gasteiger partial charge in [0.2, 0.25) is 0 Å². The molecular formula is C18H21N3O2S. The molecule has 1 saturated heterocycles. The molecule has 0 radical (unpaired) electrons. The van der Waals surface area contributed by atoms with Crippen molar-refractivity contribution in [3.05, 3.63) is 41.0 Å². The molecule has 126 valence electrons. The third-order valence-electron chi connectivity index (χ3n) is 4.98. The van der Waals surface area contributed by atoms with Crippen LogP contribution in [0.2, 0.25) is 0 Å². The third kappa shape index (κ3) is 2.51. The first kappa shape index (κ1) is 15.3. The zero-order valence-electron chi connectivity index (χ0n) is 13.7. The van der Waals surface area contributed by atoms with Crippen LogP contribution in [-0.4, -0.2) is 26.1 Å². The maximum absolute atomic E-state index is 12.7. The van der Waals surface area contributed by atoms with Gasteiger partial charge in [-0.25, -0.2) is 0 Å². The van der Waals surface area contributed by atoms with E-state index in [0.29, 0.717) is 23.0 Å². The van der Waals surface area contributed by atoms with Crippen molar-refractivity contribution in [2.24, 2.45) is 0 Å². The number of methoxy groups -OCH3 is 1. The lowest BCUT2D eigenvalue weighted by molar-refractivity contribution is 0.0950. The molecule has 2 aromatic rings. The summed E-state index contributed by atoms with van der Waals surface area (Å²) in [5.74, 6) is 1.24. The van der Waals surface area contributed by atoms with Gasteiger partial charge in [-0.1, -0.05) is 12.1 Å². The molecule has 5 nitrogen and oxygen atoms in total. The summed E-state index contributed by atoms with van der Waals surface area (Å²) in [6, 6.07) is 7.71. The van der Waals surface area contributed by atoms with Crippen molar-refractivity contribution >= 4 is 27.2 Å². The molecule has 1 fully saturated rings. The highest BCUT2D eigenvalue weighted by atomic mass is 32.1. The van der Waals surface area contributed by atoms with Gasteiger partial charge in [-0.05, 0) is 36.5 Å². The Balaban J connectivity index is 1.53. The van der Waals surface area contributed by atoms with Crippen LogP contribution in [0.1, 0.15) is 40.2 Å². The number of fused-ring (bicyclic) bond motifs is 2. The lowest BCUT2D eigenvalue weighted by Crippen LogP contribution is -2.38. The average molecular weight is 343 g/mol. The minimum atomic E-state index is -0.0606. The molecule has 0 spiro atoms. The van der Waals surface area contributed by atoms with Crippen LogP contribution in [0.25, 0.3) is 0 Å². The topological polar surface area (TPSA) is 67.6 Å². The Morgan fingerprint density at radius 3 is 2.71 bits per heavy atom. The number of nitrogens with one attached hydrogen (secondary N) is 1. The molecule has 4 heterocycles. The Labute approximate surface area is 145 Å². The number of benzene rings is 1. The number of rotatable bonds is 4. The van der Waals surface area contributed by atoms with E-state index in [1.807, 2.05) is 24.3 Å². The number of anilines is 2. The van der Waals surface area contributed by atoms with E-state index in [-0.39, 0.29) is 5.91 Å². The van der Waals surface area contributed by atoms with Gasteiger partial charge in [0.1, 0.15) is 10.8 Å². The summed E-state index contributed by atoms with van der Waals surface area (Å²) in [4.78, 5) is 15.1. The highest BCUT2D eigenvalue weighted by molar-refractivity contribution is 7.20. The van der Waals surface area contributed by atoms with Crippen LogP contribution in [0.4, 0.5) is 10.0 Å². The van der Waals surface area contributed by atoms with Crippen LogP contribution in [0.3, 0.4) is 0 Å². The fraction of sp³-hybridized carbons (Fsp3) is 0.389. The van der Waals surface area contributed by atoms with E-state index in [4.69, 9.17) is 10.5 Å². The van der Waals surface area contributed by atoms with E-state index >= 15 is 0 Å². The number of carbonyl (C=O) groups is 1. The summed E-state index contributed by atoms with van der Waals surface area (Å²) in [5, 5.41) is 4.87. The minimum absolute atomic E-state index is 0.0606. The van der Waals surface area contributed by atoms with Crippen molar-refractivity contribution < 1.29 is 9.53 Å². The molecule has 0 unspecified atom stereocenters. The number of nitrogen functional groups attached to an aromatic ring is 1. The summed E-state index contributed by atoms with van der Waals surface area (Å²) < 4.78 is 5.15. The highest BCUT2D eigenvalue weighted by Gasteiger charge is 2.37. The average Bonchev–Trinajstić information content (AvgIpc) is 3.00. The molecule has 5 rings (SSSR count). The summed E-state index contributed by atoms with van der Waals surface area (Å²) >= 11 is 1.56. The number of nitrogens with zero attached hydrogens (tertiary/aromatic N) is 1. The van der Waals surface area contributed by atoms with Gasteiger partial charge >= 0.3 is 0 Å². The van der Waals surface area contributed by atoms with E-state index in [1.54, 1.807) is 18.4 Å².